The van der Waals surface area contributed by atoms with E-state index in [2.05, 4.69) is 35.1 Å². The number of pyridine rings is 2. The van der Waals surface area contributed by atoms with Crippen LogP contribution in [0.1, 0.15) is 27.8 Å². The van der Waals surface area contributed by atoms with Crippen LogP contribution in [0.25, 0.3) is 11.3 Å². The lowest BCUT2D eigenvalue weighted by Crippen LogP contribution is -1.97. The van der Waals surface area contributed by atoms with Crippen LogP contribution in [0, 0.1) is 39.0 Å². The first-order chi connectivity index (χ1) is 12.0. The zero-order valence-corrected chi connectivity index (χ0v) is 14.8. The monoisotopic (exact) mass is 329 g/mol. The van der Waals surface area contributed by atoms with Gasteiger partial charge in [0.2, 0.25) is 5.88 Å². The molecule has 0 fully saturated rings. The fourth-order valence-electron chi connectivity index (χ4n) is 2.84. The predicted octanol–water partition coefficient (Wildman–Crippen LogP) is 5.04. The van der Waals surface area contributed by atoms with Gasteiger partial charge in [-0.2, -0.15) is 5.26 Å². The fourth-order valence-corrected chi connectivity index (χ4v) is 2.84. The number of aromatic nitrogens is 2. The number of nitrogens with zero attached hydrogens (tertiary/aromatic N) is 3. The normalized spacial score (nSPS) is 10.4. The van der Waals surface area contributed by atoms with E-state index < -0.39 is 0 Å². The molecule has 0 amide bonds. The lowest BCUT2D eigenvalue weighted by atomic mass is 10.1. The molecule has 0 aliphatic rings. The number of ether oxygens (including phenoxy) is 1. The van der Waals surface area contributed by atoms with Gasteiger partial charge in [-0.05, 0) is 51.0 Å². The highest BCUT2D eigenvalue weighted by Crippen LogP contribution is 2.32. The highest BCUT2D eigenvalue weighted by Gasteiger charge is 2.11. The molecule has 0 bridgehead atoms. The lowest BCUT2D eigenvalue weighted by Gasteiger charge is -2.14. The van der Waals surface area contributed by atoms with E-state index in [9.17, 15) is 0 Å². The summed E-state index contributed by atoms with van der Waals surface area (Å²) in [6.07, 6.45) is 3.23. The highest BCUT2D eigenvalue weighted by molar-refractivity contribution is 5.61. The predicted molar refractivity (Wildman–Crippen MR) is 97.6 cm³/mol. The maximum Gasteiger partial charge on any atom is 0.222 e. The van der Waals surface area contributed by atoms with Gasteiger partial charge < -0.3 is 4.74 Å². The Morgan fingerprint density at radius 3 is 2.32 bits per heavy atom. The molecule has 0 saturated carbocycles. The van der Waals surface area contributed by atoms with Gasteiger partial charge in [-0.25, -0.2) is 4.98 Å². The van der Waals surface area contributed by atoms with Gasteiger partial charge in [-0.3, -0.25) is 4.98 Å². The van der Waals surface area contributed by atoms with E-state index >= 15 is 0 Å². The number of aryl methyl sites for hydroxylation is 4. The lowest BCUT2D eigenvalue weighted by molar-refractivity contribution is 0.452. The van der Waals surface area contributed by atoms with Gasteiger partial charge in [0, 0.05) is 23.5 Å². The summed E-state index contributed by atoms with van der Waals surface area (Å²) in [6.45, 7) is 8.11. The van der Waals surface area contributed by atoms with Crippen molar-refractivity contribution in [3.63, 3.8) is 0 Å². The van der Waals surface area contributed by atoms with Crippen molar-refractivity contribution in [1.29, 1.82) is 5.26 Å². The van der Waals surface area contributed by atoms with E-state index in [1.54, 1.807) is 12.3 Å². The van der Waals surface area contributed by atoms with Crippen LogP contribution in [-0.4, -0.2) is 9.97 Å². The van der Waals surface area contributed by atoms with Gasteiger partial charge in [0.25, 0.3) is 0 Å². The molecule has 0 aliphatic heterocycles. The van der Waals surface area contributed by atoms with Gasteiger partial charge in [-0.1, -0.05) is 23.8 Å². The number of hydrogen-bond donors (Lipinski definition) is 0. The molecule has 2 aromatic heterocycles. The van der Waals surface area contributed by atoms with Gasteiger partial charge in [0.05, 0.1) is 11.3 Å². The third-order valence-corrected chi connectivity index (χ3v) is 4.02. The molecule has 0 atom stereocenters. The molecule has 0 N–H and O–H groups in total. The standard InChI is InChI=1S/C21H19N3O/c1-13-7-15(3)20(16(4)8-13)25-21-14(2)5-6-19(24-21)18-9-17(10-22)11-23-12-18/h5-9,11-12H,1-4H3. The van der Waals surface area contributed by atoms with Gasteiger partial charge in [0.15, 0.2) is 0 Å². The van der Waals surface area contributed by atoms with Crippen molar-refractivity contribution >= 4 is 0 Å². The Hall–Kier alpha value is -3.19. The summed E-state index contributed by atoms with van der Waals surface area (Å²) >= 11 is 0. The molecule has 0 aliphatic carbocycles. The second-order valence-electron chi connectivity index (χ2n) is 6.22. The van der Waals surface area contributed by atoms with Crippen LogP contribution in [0.15, 0.2) is 42.7 Å². The number of rotatable bonds is 3. The van der Waals surface area contributed by atoms with E-state index in [1.807, 2.05) is 32.9 Å². The van der Waals surface area contributed by atoms with Crippen molar-refractivity contribution in [3.05, 3.63) is 70.5 Å². The molecule has 25 heavy (non-hydrogen) atoms. The van der Waals surface area contributed by atoms with Gasteiger partial charge >= 0.3 is 0 Å². The Morgan fingerprint density at radius 2 is 1.64 bits per heavy atom. The third kappa shape index (κ3) is 3.51. The summed E-state index contributed by atoms with van der Waals surface area (Å²) in [5.41, 5.74) is 6.35. The first-order valence-electron chi connectivity index (χ1n) is 8.07. The zero-order chi connectivity index (χ0) is 18.0. The molecule has 3 rings (SSSR count). The van der Waals surface area contributed by atoms with E-state index in [4.69, 9.17) is 10.00 Å². The van der Waals surface area contributed by atoms with Crippen LogP contribution in [0.3, 0.4) is 0 Å². The molecule has 4 heteroatoms. The topological polar surface area (TPSA) is 58.8 Å². The fraction of sp³-hybridized carbons (Fsp3) is 0.190. The van der Waals surface area contributed by atoms with Crippen molar-refractivity contribution in [3.8, 4) is 29.0 Å². The molecular formula is C21H19N3O. The Bertz CT molecular complexity index is 964. The van der Waals surface area contributed by atoms with Crippen LogP contribution in [0.2, 0.25) is 0 Å². The van der Waals surface area contributed by atoms with Crippen LogP contribution in [0.4, 0.5) is 0 Å². The Balaban J connectivity index is 2.02. The Morgan fingerprint density at radius 1 is 0.920 bits per heavy atom. The molecule has 3 aromatic rings. The molecular weight excluding hydrogens is 310 g/mol. The Labute approximate surface area is 147 Å². The molecule has 2 heterocycles. The van der Waals surface area contributed by atoms with Crippen molar-refractivity contribution in [2.45, 2.75) is 27.7 Å². The smallest absolute Gasteiger partial charge is 0.222 e. The second kappa shape index (κ2) is 6.74. The SMILES string of the molecule is Cc1cc(C)c(Oc2nc(-c3cncc(C#N)c3)ccc2C)c(C)c1. The summed E-state index contributed by atoms with van der Waals surface area (Å²) in [5.74, 6) is 1.40. The highest BCUT2D eigenvalue weighted by atomic mass is 16.5. The van der Waals surface area contributed by atoms with Gasteiger partial charge in [-0.15, -0.1) is 0 Å². The van der Waals surface area contributed by atoms with Crippen molar-refractivity contribution < 1.29 is 4.74 Å². The largest absolute Gasteiger partial charge is 0.438 e. The maximum absolute atomic E-state index is 9.05. The summed E-state index contributed by atoms with van der Waals surface area (Å²) < 4.78 is 6.15. The van der Waals surface area contributed by atoms with Crippen molar-refractivity contribution in [1.82, 2.24) is 9.97 Å². The van der Waals surface area contributed by atoms with E-state index in [0.717, 1.165) is 33.7 Å². The summed E-state index contributed by atoms with van der Waals surface area (Å²) in [4.78, 5) is 8.75. The van der Waals surface area contributed by atoms with Crippen molar-refractivity contribution in [2.75, 3.05) is 0 Å². The molecule has 0 unspecified atom stereocenters. The molecule has 0 spiro atoms. The first-order valence-corrected chi connectivity index (χ1v) is 8.07. The zero-order valence-electron chi connectivity index (χ0n) is 14.8. The second-order valence-corrected chi connectivity index (χ2v) is 6.22. The van der Waals surface area contributed by atoms with Crippen LogP contribution in [-0.2, 0) is 0 Å². The molecule has 0 radical (unpaired) electrons. The molecule has 4 nitrogen and oxygen atoms in total. The first kappa shape index (κ1) is 16.7. The Kier molecular flexibility index (Phi) is 4.49. The number of benzene rings is 1. The minimum Gasteiger partial charge on any atom is -0.438 e. The number of nitriles is 1. The molecule has 124 valence electrons. The molecule has 1 aromatic carbocycles. The van der Waals surface area contributed by atoms with E-state index in [-0.39, 0.29) is 0 Å². The average Bonchev–Trinajstić information content (AvgIpc) is 2.59. The van der Waals surface area contributed by atoms with Crippen LogP contribution in [0.5, 0.6) is 11.6 Å². The van der Waals surface area contributed by atoms with Crippen LogP contribution >= 0.6 is 0 Å². The summed E-state index contributed by atoms with van der Waals surface area (Å²) in [7, 11) is 0. The van der Waals surface area contributed by atoms with Gasteiger partial charge in [0.1, 0.15) is 11.8 Å². The number of hydrogen-bond acceptors (Lipinski definition) is 4. The minimum absolute atomic E-state index is 0.507. The molecule has 0 saturated heterocycles. The van der Waals surface area contributed by atoms with E-state index in [0.29, 0.717) is 11.4 Å². The maximum atomic E-state index is 9.05. The third-order valence-electron chi connectivity index (χ3n) is 4.02. The summed E-state index contributed by atoms with van der Waals surface area (Å²) in [5, 5.41) is 9.05. The minimum atomic E-state index is 0.507. The van der Waals surface area contributed by atoms with E-state index in [1.165, 1.54) is 11.8 Å². The average molecular weight is 329 g/mol. The van der Waals surface area contributed by atoms with Crippen molar-refractivity contribution in [2.24, 2.45) is 0 Å². The summed E-state index contributed by atoms with van der Waals surface area (Å²) in [6, 6.07) is 12.0. The van der Waals surface area contributed by atoms with Crippen LogP contribution < -0.4 is 4.74 Å². The quantitative estimate of drug-likeness (QED) is 0.675.